The second-order valence-electron chi connectivity index (χ2n) is 7.16. The number of thiophene rings is 2. The lowest BCUT2D eigenvalue weighted by atomic mass is 9.90. The van der Waals surface area contributed by atoms with E-state index in [2.05, 4.69) is 17.8 Å². The lowest BCUT2D eigenvalue weighted by Gasteiger charge is -2.16. The molecule has 0 spiro atoms. The van der Waals surface area contributed by atoms with Crippen molar-refractivity contribution in [3.8, 4) is 0 Å². The molecule has 2 aromatic rings. The minimum absolute atomic E-state index is 0.0432. The highest BCUT2D eigenvalue weighted by Crippen LogP contribution is 2.32. The fourth-order valence-electron chi connectivity index (χ4n) is 3.34. The van der Waals surface area contributed by atoms with Crippen molar-refractivity contribution in [1.29, 1.82) is 0 Å². The molecule has 144 valence electrons. The van der Waals surface area contributed by atoms with Crippen LogP contribution in [0, 0.1) is 19.8 Å². The van der Waals surface area contributed by atoms with Gasteiger partial charge >= 0.3 is 0 Å². The molecule has 0 saturated carbocycles. The molecule has 0 aromatic carbocycles. The second kappa shape index (κ2) is 8.35. The first-order chi connectivity index (χ1) is 12.8. The molecule has 27 heavy (non-hydrogen) atoms. The summed E-state index contributed by atoms with van der Waals surface area (Å²) in [6.07, 6.45) is 3.36. The van der Waals surface area contributed by atoms with Crippen molar-refractivity contribution < 1.29 is 14.4 Å². The van der Waals surface area contributed by atoms with E-state index < -0.39 is 0 Å². The lowest BCUT2D eigenvalue weighted by Crippen LogP contribution is -2.41. The van der Waals surface area contributed by atoms with E-state index in [1.54, 1.807) is 11.3 Å². The molecule has 2 amide bonds. The van der Waals surface area contributed by atoms with Crippen LogP contribution in [0.15, 0.2) is 12.1 Å². The number of amides is 2. The summed E-state index contributed by atoms with van der Waals surface area (Å²) in [4.78, 5) is 40.4. The normalized spacial score (nSPS) is 15.9. The fraction of sp³-hybridized carbons (Fsp3) is 0.450. The van der Waals surface area contributed by atoms with E-state index in [0.29, 0.717) is 16.4 Å². The van der Waals surface area contributed by atoms with Crippen LogP contribution in [0.1, 0.15) is 66.4 Å². The van der Waals surface area contributed by atoms with Crippen molar-refractivity contribution in [2.24, 2.45) is 5.92 Å². The predicted octanol–water partition coefficient (Wildman–Crippen LogP) is 3.98. The minimum atomic E-state index is -0.365. The SMILES string of the molecule is Cc1cc(C(=O)CCC(=O)NNC(=O)c2cc3c(s2)CCC(C)C3)c(C)s1. The van der Waals surface area contributed by atoms with Crippen molar-refractivity contribution in [2.45, 2.75) is 52.9 Å². The molecular formula is C20H24N2O3S2. The van der Waals surface area contributed by atoms with Crippen molar-refractivity contribution >= 4 is 40.3 Å². The van der Waals surface area contributed by atoms with E-state index in [0.717, 1.165) is 29.0 Å². The zero-order valence-corrected chi connectivity index (χ0v) is 17.4. The van der Waals surface area contributed by atoms with Crippen LogP contribution in [0.5, 0.6) is 0 Å². The summed E-state index contributed by atoms with van der Waals surface area (Å²) < 4.78 is 0. The van der Waals surface area contributed by atoms with Crippen LogP contribution in [0.25, 0.3) is 0 Å². The van der Waals surface area contributed by atoms with Gasteiger partial charge in [-0.2, -0.15) is 0 Å². The number of ketones is 1. The van der Waals surface area contributed by atoms with Crippen LogP contribution in [-0.4, -0.2) is 17.6 Å². The third-order valence-electron chi connectivity index (χ3n) is 4.79. The molecule has 0 bridgehead atoms. The van der Waals surface area contributed by atoms with Crippen LogP contribution < -0.4 is 10.9 Å². The molecule has 1 aliphatic carbocycles. The highest BCUT2D eigenvalue weighted by atomic mass is 32.1. The van der Waals surface area contributed by atoms with Crippen molar-refractivity contribution in [3.05, 3.63) is 42.8 Å². The number of fused-ring (bicyclic) bond motifs is 1. The Kier molecular flexibility index (Phi) is 6.11. The lowest BCUT2D eigenvalue weighted by molar-refractivity contribution is -0.121. The Balaban J connectivity index is 1.47. The first-order valence-corrected chi connectivity index (χ1v) is 10.8. The summed E-state index contributed by atoms with van der Waals surface area (Å²) in [7, 11) is 0. The van der Waals surface area contributed by atoms with Gasteiger partial charge < -0.3 is 0 Å². The molecule has 2 heterocycles. The Morgan fingerprint density at radius 1 is 1.11 bits per heavy atom. The number of carbonyl (C=O) groups is 3. The van der Waals surface area contributed by atoms with Gasteiger partial charge in [0, 0.05) is 33.0 Å². The summed E-state index contributed by atoms with van der Waals surface area (Å²) in [5.74, 6) is -0.0587. The molecule has 2 aromatic heterocycles. The number of aryl methyl sites for hydroxylation is 3. The van der Waals surface area contributed by atoms with Gasteiger partial charge in [0.2, 0.25) is 5.91 Å². The number of nitrogens with one attached hydrogen (secondary N) is 2. The Bertz CT molecular complexity index is 882. The Labute approximate surface area is 167 Å². The number of rotatable bonds is 5. The highest BCUT2D eigenvalue weighted by Gasteiger charge is 2.21. The summed E-state index contributed by atoms with van der Waals surface area (Å²) in [5, 5.41) is 0. The molecule has 5 nitrogen and oxygen atoms in total. The second-order valence-corrected chi connectivity index (χ2v) is 9.76. The van der Waals surface area contributed by atoms with Crippen LogP contribution in [0.2, 0.25) is 0 Å². The van der Waals surface area contributed by atoms with Gasteiger partial charge in [-0.05, 0) is 56.7 Å². The molecular weight excluding hydrogens is 380 g/mol. The molecule has 0 radical (unpaired) electrons. The number of Topliss-reactive ketones (excluding diaryl/α,β-unsaturated/α-hetero) is 1. The standard InChI is InChI=1S/C20H24N2O3S2/c1-11-4-6-17-14(8-11)10-18(27-17)20(25)22-21-19(24)7-5-16(23)15-9-12(2)26-13(15)3/h9-11H,4-8H2,1-3H3,(H,21,24)(H,22,25). The van der Waals surface area contributed by atoms with Crippen LogP contribution >= 0.6 is 22.7 Å². The van der Waals surface area contributed by atoms with Gasteiger partial charge in [-0.25, -0.2) is 0 Å². The van der Waals surface area contributed by atoms with Crippen molar-refractivity contribution in [3.63, 3.8) is 0 Å². The first-order valence-electron chi connectivity index (χ1n) is 9.14. The average Bonchev–Trinajstić information content (AvgIpc) is 3.19. The fourth-order valence-corrected chi connectivity index (χ4v) is 5.38. The van der Waals surface area contributed by atoms with E-state index in [4.69, 9.17) is 0 Å². The zero-order valence-electron chi connectivity index (χ0n) is 15.8. The summed E-state index contributed by atoms with van der Waals surface area (Å²) in [6.45, 7) is 6.09. The van der Waals surface area contributed by atoms with E-state index >= 15 is 0 Å². The first kappa shape index (κ1) is 19.8. The van der Waals surface area contributed by atoms with Crippen LogP contribution in [0.4, 0.5) is 0 Å². The van der Waals surface area contributed by atoms with Crippen LogP contribution in [0.3, 0.4) is 0 Å². The van der Waals surface area contributed by atoms with E-state index in [-0.39, 0.29) is 30.4 Å². The van der Waals surface area contributed by atoms with Gasteiger partial charge in [-0.3, -0.25) is 25.2 Å². The highest BCUT2D eigenvalue weighted by molar-refractivity contribution is 7.14. The summed E-state index contributed by atoms with van der Waals surface area (Å²) >= 11 is 3.08. The van der Waals surface area contributed by atoms with Gasteiger partial charge in [0.1, 0.15) is 0 Å². The molecule has 0 aliphatic heterocycles. The maximum atomic E-state index is 12.3. The molecule has 7 heteroatoms. The number of hydrogen-bond acceptors (Lipinski definition) is 5. The van der Waals surface area contributed by atoms with Gasteiger partial charge in [0.25, 0.3) is 5.91 Å². The Hall–Kier alpha value is -1.99. The maximum Gasteiger partial charge on any atom is 0.279 e. The third kappa shape index (κ3) is 4.84. The van der Waals surface area contributed by atoms with Gasteiger partial charge in [0.15, 0.2) is 5.78 Å². The number of hydrogen-bond donors (Lipinski definition) is 2. The number of hydrazine groups is 1. The van der Waals surface area contributed by atoms with Crippen molar-refractivity contribution in [2.75, 3.05) is 0 Å². The topological polar surface area (TPSA) is 75.3 Å². The Morgan fingerprint density at radius 2 is 1.89 bits per heavy atom. The van der Waals surface area contributed by atoms with E-state index in [1.807, 2.05) is 26.0 Å². The van der Waals surface area contributed by atoms with E-state index in [9.17, 15) is 14.4 Å². The molecule has 1 atom stereocenters. The Morgan fingerprint density at radius 3 is 2.59 bits per heavy atom. The molecule has 1 aliphatic rings. The summed E-state index contributed by atoms with van der Waals surface area (Å²) in [6, 6.07) is 3.80. The van der Waals surface area contributed by atoms with Crippen LogP contribution in [-0.2, 0) is 17.6 Å². The zero-order chi connectivity index (χ0) is 19.6. The molecule has 0 fully saturated rings. The monoisotopic (exact) mass is 404 g/mol. The maximum absolute atomic E-state index is 12.3. The smallest absolute Gasteiger partial charge is 0.279 e. The van der Waals surface area contributed by atoms with Gasteiger partial charge in [-0.1, -0.05) is 6.92 Å². The molecule has 0 saturated heterocycles. The number of carbonyl (C=O) groups excluding carboxylic acids is 3. The summed E-state index contributed by atoms with van der Waals surface area (Å²) in [5.41, 5.74) is 6.82. The molecule has 3 rings (SSSR count). The van der Waals surface area contributed by atoms with Crippen molar-refractivity contribution in [1.82, 2.24) is 10.9 Å². The minimum Gasteiger partial charge on any atom is -0.294 e. The predicted molar refractivity (Wildman–Crippen MR) is 108 cm³/mol. The molecule has 2 N–H and O–H groups in total. The average molecular weight is 405 g/mol. The quantitative estimate of drug-likeness (QED) is 0.585. The third-order valence-corrected chi connectivity index (χ3v) is 6.99. The van der Waals surface area contributed by atoms with E-state index in [1.165, 1.54) is 21.8 Å². The largest absolute Gasteiger partial charge is 0.294 e. The van der Waals surface area contributed by atoms with Gasteiger partial charge in [0.05, 0.1) is 4.88 Å². The van der Waals surface area contributed by atoms with Gasteiger partial charge in [-0.15, -0.1) is 22.7 Å². The molecule has 1 unspecified atom stereocenters.